The Morgan fingerprint density at radius 3 is 2.59 bits per heavy atom. The first kappa shape index (κ1) is 25.5. The lowest BCUT2D eigenvalue weighted by Gasteiger charge is -2.27. The van der Waals surface area contributed by atoms with Gasteiger partial charge in [0, 0.05) is 42.1 Å². The van der Waals surface area contributed by atoms with Gasteiger partial charge in [-0.1, -0.05) is 41.4 Å². The smallest absolute Gasteiger partial charge is 0.427 e. The van der Waals surface area contributed by atoms with Gasteiger partial charge in [-0.3, -0.25) is 0 Å². The minimum Gasteiger partial charge on any atom is -0.443 e. The van der Waals surface area contributed by atoms with Crippen LogP contribution in [-0.2, 0) is 27.0 Å². The number of fused-ring (bicyclic) bond motifs is 2. The average molecular weight is 523 g/mol. The van der Waals surface area contributed by atoms with Gasteiger partial charge in [-0.25, -0.2) is 10.1 Å². The van der Waals surface area contributed by atoms with Gasteiger partial charge in [0.25, 0.3) is 0 Å². The standard InChI is InChI=1S/C28H31N3O5S/c1-28(2,3)34-27(32)31(37-36-35-33)26-22(18-29-16-14-20-8-4-6-10-24(20)29)12-13-23(26)19-30-17-15-21-9-5-7-11-25(21)30/h4-11,18-19H,12-17H2,1-3H3/p+1. The SMILES string of the molecule is CC(C)(C)OC(=O)N(SOOO)C1=C(C=[N+]2CCc3ccccc32)CCC1=CN1CCc2ccccc21. The number of amides is 1. The van der Waals surface area contributed by atoms with Crippen LogP contribution in [0.4, 0.5) is 16.2 Å². The van der Waals surface area contributed by atoms with Crippen LogP contribution in [0.1, 0.15) is 44.7 Å². The third-order valence-corrected chi connectivity index (χ3v) is 7.24. The molecular weight excluding hydrogens is 490 g/mol. The number of rotatable bonds is 6. The first-order valence-electron chi connectivity index (χ1n) is 12.5. The van der Waals surface area contributed by atoms with Gasteiger partial charge in [0.1, 0.15) is 5.60 Å². The van der Waals surface area contributed by atoms with Crippen molar-refractivity contribution in [3.05, 3.63) is 82.7 Å². The molecule has 0 fully saturated rings. The molecule has 2 aromatic carbocycles. The van der Waals surface area contributed by atoms with Crippen LogP contribution in [0.15, 0.2) is 71.6 Å². The fourth-order valence-corrected chi connectivity index (χ4v) is 5.60. The molecule has 0 radical (unpaired) electrons. The third-order valence-electron chi connectivity index (χ3n) is 6.64. The maximum atomic E-state index is 13.4. The summed E-state index contributed by atoms with van der Waals surface area (Å²) in [5, 5.41) is 12.8. The molecule has 1 N–H and O–H groups in total. The van der Waals surface area contributed by atoms with Crippen LogP contribution in [-0.4, -0.2) is 45.1 Å². The molecule has 0 aromatic heterocycles. The zero-order chi connectivity index (χ0) is 26.0. The summed E-state index contributed by atoms with van der Waals surface area (Å²) in [5.41, 5.74) is 6.89. The van der Waals surface area contributed by atoms with Gasteiger partial charge >= 0.3 is 6.09 Å². The Morgan fingerprint density at radius 2 is 1.81 bits per heavy atom. The molecule has 2 aliphatic heterocycles. The predicted molar refractivity (Wildman–Crippen MR) is 143 cm³/mol. The van der Waals surface area contributed by atoms with E-state index < -0.39 is 11.7 Å². The second-order valence-electron chi connectivity index (χ2n) is 10.3. The van der Waals surface area contributed by atoms with Crippen molar-refractivity contribution in [3.8, 4) is 0 Å². The van der Waals surface area contributed by atoms with E-state index in [1.165, 1.54) is 26.8 Å². The van der Waals surface area contributed by atoms with Crippen LogP contribution in [0.3, 0.4) is 0 Å². The van der Waals surface area contributed by atoms with Crippen molar-refractivity contribution in [1.29, 1.82) is 0 Å². The predicted octanol–water partition coefficient (Wildman–Crippen LogP) is 6.17. The zero-order valence-corrected chi connectivity index (χ0v) is 22.2. The summed E-state index contributed by atoms with van der Waals surface area (Å²) in [6.45, 7) is 7.17. The lowest BCUT2D eigenvalue weighted by Crippen LogP contribution is -2.33. The van der Waals surface area contributed by atoms with Crippen molar-refractivity contribution in [2.24, 2.45) is 0 Å². The Labute approximate surface area is 221 Å². The van der Waals surface area contributed by atoms with Gasteiger partial charge in [-0.2, -0.15) is 8.88 Å². The molecule has 5 rings (SSSR count). The highest BCUT2D eigenvalue weighted by Crippen LogP contribution is 2.40. The van der Waals surface area contributed by atoms with E-state index in [2.05, 4.69) is 63.3 Å². The molecule has 0 spiro atoms. The number of carbonyl (C=O) groups is 1. The fraction of sp³-hybridized carbons (Fsp3) is 0.357. The maximum Gasteiger partial charge on any atom is 0.427 e. The van der Waals surface area contributed by atoms with E-state index in [4.69, 9.17) is 14.3 Å². The van der Waals surface area contributed by atoms with E-state index in [0.29, 0.717) is 17.9 Å². The molecule has 194 valence electrons. The lowest BCUT2D eigenvalue weighted by molar-refractivity contribution is -0.433. The fourth-order valence-electron chi connectivity index (χ4n) is 5.10. The highest BCUT2D eigenvalue weighted by atomic mass is 32.2. The molecule has 0 atom stereocenters. The third kappa shape index (κ3) is 5.60. The van der Waals surface area contributed by atoms with Gasteiger partial charge in [-0.15, -0.1) is 4.33 Å². The zero-order valence-electron chi connectivity index (χ0n) is 21.3. The summed E-state index contributed by atoms with van der Waals surface area (Å²) in [4.78, 5) is 15.6. The number of para-hydroxylation sites is 2. The highest BCUT2D eigenvalue weighted by Gasteiger charge is 2.36. The lowest BCUT2D eigenvalue weighted by atomic mass is 10.2. The summed E-state index contributed by atoms with van der Waals surface area (Å²) in [5.74, 6) is 0. The Kier molecular flexibility index (Phi) is 7.39. The van der Waals surface area contributed by atoms with Gasteiger partial charge < -0.3 is 9.64 Å². The molecule has 2 aromatic rings. The molecule has 0 saturated heterocycles. The van der Waals surface area contributed by atoms with Gasteiger partial charge in [0.05, 0.1) is 5.70 Å². The van der Waals surface area contributed by atoms with E-state index in [1.54, 1.807) is 0 Å². The number of hydrogen-bond acceptors (Lipinski definition) is 7. The van der Waals surface area contributed by atoms with Crippen molar-refractivity contribution in [1.82, 2.24) is 4.31 Å². The summed E-state index contributed by atoms with van der Waals surface area (Å²) in [6, 6.07) is 16.7. The first-order chi connectivity index (χ1) is 17.8. The van der Waals surface area contributed by atoms with E-state index in [0.717, 1.165) is 49.9 Å². The molecule has 0 saturated carbocycles. The Morgan fingerprint density at radius 1 is 1.05 bits per heavy atom. The van der Waals surface area contributed by atoms with Gasteiger partial charge in [-0.05, 0) is 57.2 Å². The van der Waals surface area contributed by atoms with Crippen LogP contribution >= 0.6 is 12.2 Å². The van der Waals surface area contributed by atoms with E-state index >= 15 is 0 Å². The van der Waals surface area contributed by atoms with Gasteiger partial charge in [0.15, 0.2) is 25.0 Å². The van der Waals surface area contributed by atoms with Crippen LogP contribution in [0.5, 0.6) is 0 Å². The summed E-state index contributed by atoms with van der Waals surface area (Å²) >= 11 is 0.593. The van der Waals surface area contributed by atoms with E-state index in [1.807, 2.05) is 32.9 Å². The molecule has 0 unspecified atom stereocenters. The van der Waals surface area contributed by atoms with Crippen molar-refractivity contribution >= 4 is 35.9 Å². The molecule has 2 heterocycles. The van der Waals surface area contributed by atoms with Crippen molar-refractivity contribution in [2.75, 3.05) is 18.0 Å². The summed E-state index contributed by atoms with van der Waals surface area (Å²) in [6.07, 6.45) is 7.06. The minimum atomic E-state index is -0.718. The summed E-state index contributed by atoms with van der Waals surface area (Å²) < 4.78 is 14.1. The summed E-state index contributed by atoms with van der Waals surface area (Å²) in [7, 11) is 0. The normalized spacial score (nSPS) is 19.1. The first-order valence-corrected chi connectivity index (χ1v) is 13.2. The molecule has 0 bridgehead atoms. The van der Waals surface area contributed by atoms with Crippen LogP contribution < -0.4 is 4.90 Å². The largest absolute Gasteiger partial charge is 0.443 e. The number of allylic oxidation sites excluding steroid dienone is 2. The number of carbonyl (C=O) groups excluding carboxylic acids is 1. The van der Waals surface area contributed by atoms with Crippen LogP contribution in [0.25, 0.3) is 0 Å². The minimum absolute atomic E-state index is 0.593. The number of hydrogen-bond donors (Lipinski definition) is 1. The molecule has 3 aliphatic rings. The van der Waals surface area contributed by atoms with E-state index in [9.17, 15) is 4.79 Å². The molecule has 37 heavy (non-hydrogen) atoms. The molecule has 1 amide bonds. The maximum absolute atomic E-state index is 13.4. The topological polar surface area (TPSA) is 74.5 Å². The second kappa shape index (κ2) is 10.7. The van der Waals surface area contributed by atoms with Crippen LogP contribution in [0, 0.1) is 0 Å². The Bertz CT molecular complexity index is 1280. The number of benzene rings is 2. The van der Waals surface area contributed by atoms with E-state index in [-0.39, 0.29) is 0 Å². The van der Waals surface area contributed by atoms with Crippen molar-refractivity contribution in [3.63, 3.8) is 0 Å². The molecular formula is C28H32N3O5S+. The molecule has 1 aliphatic carbocycles. The Hall–Kier alpha value is -3.11. The highest BCUT2D eigenvalue weighted by molar-refractivity contribution is 7.92. The quantitative estimate of drug-likeness (QED) is 0.160. The van der Waals surface area contributed by atoms with Crippen molar-refractivity contribution < 1.29 is 28.7 Å². The average Bonchev–Trinajstić information content (AvgIpc) is 3.57. The number of anilines is 1. The monoisotopic (exact) mass is 522 g/mol. The second-order valence-corrected chi connectivity index (χ2v) is 10.9. The molecule has 8 nitrogen and oxygen atoms in total. The van der Waals surface area contributed by atoms with Crippen molar-refractivity contribution in [2.45, 2.75) is 52.1 Å². The van der Waals surface area contributed by atoms with Crippen LogP contribution in [0.2, 0.25) is 0 Å². The Balaban J connectivity index is 1.59. The molecule has 9 heteroatoms. The number of nitrogens with zero attached hydrogens (tertiary/aromatic N) is 3. The van der Waals surface area contributed by atoms with Gasteiger partial charge in [0.2, 0.25) is 5.69 Å². The number of ether oxygens (including phenoxy) is 1.